The van der Waals surface area contributed by atoms with Crippen LogP contribution in [0.1, 0.15) is 22.8 Å². The van der Waals surface area contributed by atoms with Crippen molar-refractivity contribution in [2.75, 3.05) is 11.9 Å². The molecular weight excluding hydrogens is 234 g/mol. The highest BCUT2D eigenvalue weighted by atomic mass is 16.5. The van der Waals surface area contributed by atoms with Gasteiger partial charge in [-0.2, -0.15) is 0 Å². The fourth-order valence-electron chi connectivity index (χ4n) is 1.49. The lowest BCUT2D eigenvalue weighted by Gasteiger charge is -2.12. The summed E-state index contributed by atoms with van der Waals surface area (Å²) in [6.45, 7) is 5.37. The van der Waals surface area contributed by atoms with E-state index in [9.17, 15) is 9.59 Å². The Morgan fingerprint density at radius 3 is 2.78 bits per heavy atom. The number of carbonyl (C=O) groups is 2. The number of nitrogens with one attached hydrogen (secondary N) is 1. The lowest BCUT2D eigenvalue weighted by atomic mass is 10.1. The number of carboxylic acids is 1. The van der Waals surface area contributed by atoms with E-state index < -0.39 is 12.1 Å². The molecule has 0 spiro atoms. The molecule has 0 heterocycles. The average Bonchev–Trinajstić information content (AvgIpc) is 2.36. The van der Waals surface area contributed by atoms with Crippen LogP contribution in [0.15, 0.2) is 30.9 Å². The van der Waals surface area contributed by atoms with Crippen molar-refractivity contribution in [1.29, 1.82) is 0 Å². The molecule has 0 aliphatic rings. The van der Waals surface area contributed by atoms with Crippen LogP contribution in [0.2, 0.25) is 0 Å². The summed E-state index contributed by atoms with van der Waals surface area (Å²) >= 11 is 0. The summed E-state index contributed by atoms with van der Waals surface area (Å²) in [5.74, 6) is -1.09. The first-order chi connectivity index (χ1) is 8.60. The zero-order chi connectivity index (χ0) is 13.5. The Morgan fingerprint density at radius 2 is 2.22 bits per heavy atom. The molecule has 1 rings (SSSR count). The van der Waals surface area contributed by atoms with Crippen LogP contribution in [0, 0.1) is 0 Å². The standard InChI is InChI=1S/C13H15NO4/c1-3-8-18-13(17)14-11-9(4-2)6-5-7-10(11)12(15)16/h3,5-7H,1,4,8H2,2H3,(H,14,17)(H,15,16). The van der Waals surface area contributed by atoms with Gasteiger partial charge in [0.1, 0.15) is 6.61 Å². The molecular formula is C13H15NO4. The molecule has 0 aromatic heterocycles. The zero-order valence-corrected chi connectivity index (χ0v) is 10.1. The Balaban J connectivity index is 3.01. The molecule has 0 radical (unpaired) electrons. The molecule has 0 saturated carbocycles. The van der Waals surface area contributed by atoms with Gasteiger partial charge in [-0.15, -0.1) is 0 Å². The number of anilines is 1. The van der Waals surface area contributed by atoms with Gasteiger partial charge in [0.25, 0.3) is 0 Å². The van der Waals surface area contributed by atoms with Gasteiger partial charge >= 0.3 is 12.1 Å². The van der Waals surface area contributed by atoms with E-state index >= 15 is 0 Å². The molecule has 0 aliphatic heterocycles. The Kier molecular flexibility index (Phi) is 4.92. The maximum atomic E-state index is 11.4. The molecule has 18 heavy (non-hydrogen) atoms. The van der Waals surface area contributed by atoms with E-state index in [4.69, 9.17) is 9.84 Å². The van der Waals surface area contributed by atoms with Crippen LogP contribution in [0.4, 0.5) is 10.5 Å². The number of aryl methyl sites for hydroxylation is 1. The fraction of sp³-hybridized carbons (Fsp3) is 0.231. The quantitative estimate of drug-likeness (QED) is 0.786. The molecule has 5 nitrogen and oxygen atoms in total. The van der Waals surface area contributed by atoms with Crippen molar-refractivity contribution in [1.82, 2.24) is 0 Å². The van der Waals surface area contributed by atoms with Crippen molar-refractivity contribution >= 4 is 17.7 Å². The minimum atomic E-state index is -1.09. The zero-order valence-electron chi connectivity index (χ0n) is 10.1. The smallest absolute Gasteiger partial charge is 0.411 e. The Morgan fingerprint density at radius 1 is 1.50 bits per heavy atom. The minimum Gasteiger partial charge on any atom is -0.478 e. The van der Waals surface area contributed by atoms with Crippen molar-refractivity contribution in [2.24, 2.45) is 0 Å². The summed E-state index contributed by atoms with van der Waals surface area (Å²) in [6, 6.07) is 4.84. The average molecular weight is 249 g/mol. The highest BCUT2D eigenvalue weighted by molar-refractivity contribution is 5.99. The number of carbonyl (C=O) groups excluding carboxylic acids is 1. The first-order valence-electron chi connectivity index (χ1n) is 5.50. The molecule has 1 amide bonds. The molecule has 0 bridgehead atoms. The van der Waals surface area contributed by atoms with Crippen LogP contribution in [0.5, 0.6) is 0 Å². The van der Waals surface area contributed by atoms with Crippen molar-refractivity contribution in [3.63, 3.8) is 0 Å². The second kappa shape index (κ2) is 6.44. The maximum Gasteiger partial charge on any atom is 0.411 e. The van der Waals surface area contributed by atoms with Gasteiger partial charge in [0.15, 0.2) is 0 Å². The van der Waals surface area contributed by atoms with E-state index in [0.717, 1.165) is 5.56 Å². The van der Waals surface area contributed by atoms with E-state index in [1.807, 2.05) is 6.92 Å². The lowest BCUT2D eigenvalue weighted by molar-refractivity contribution is 0.0698. The summed E-state index contributed by atoms with van der Waals surface area (Å²) < 4.78 is 4.77. The predicted octanol–water partition coefficient (Wildman–Crippen LogP) is 2.68. The van der Waals surface area contributed by atoms with Crippen molar-refractivity contribution in [2.45, 2.75) is 13.3 Å². The van der Waals surface area contributed by atoms with Crippen LogP contribution >= 0.6 is 0 Å². The SMILES string of the molecule is C=CCOC(=O)Nc1c(CC)cccc1C(=O)O. The number of benzene rings is 1. The molecule has 0 aliphatic carbocycles. The first kappa shape index (κ1) is 13.8. The predicted molar refractivity (Wildman–Crippen MR) is 67.9 cm³/mol. The second-order valence-electron chi connectivity index (χ2n) is 3.51. The number of hydrogen-bond donors (Lipinski definition) is 2. The number of amides is 1. The van der Waals surface area contributed by atoms with Gasteiger partial charge in [-0.1, -0.05) is 31.7 Å². The third kappa shape index (κ3) is 3.35. The third-order valence-electron chi connectivity index (χ3n) is 2.32. The maximum absolute atomic E-state index is 11.4. The van der Waals surface area contributed by atoms with Gasteiger partial charge in [-0.25, -0.2) is 9.59 Å². The highest BCUT2D eigenvalue weighted by Crippen LogP contribution is 2.22. The molecule has 0 unspecified atom stereocenters. The number of ether oxygens (including phenoxy) is 1. The molecule has 0 fully saturated rings. The Bertz CT molecular complexity index is 468. The van der Waals surface area contributed by atoms with Crippen molar-refractivity contribution in [3.05, 3.63) is 42.0 Å². The normalized spacial score (nSPS) is 9.61. The van der Waals surface area contributed by atoms with E-state index in [1.54, 1.807) is 12.1 Å². The largest absolute Gasteiger partial charge is 0.478 e. The molecule has 0 saturated heterocycles. The summed E-state index contributed by atoms with van der Waals surface area (Å²) in [5.41, 5.74) is 1.07. The number of para-hydroxylation sites is 1. The van der Waals surface area contributed by atoms with Gasteiger partial charge in [0, 0.05) is 0 Å². The van der Waals surface area contributed by atoms with Gasteiger partial charge in [0.2, 0.25) is 0 Å². The van der Waals surface area contributed by atoms with Crippen LogP contribution in [0.25, 0.3) is 0 Å². The van der Waals surface area contributed by atoms with Gasteiger partial charge < -0.3 is 9.84 Å². The second-order valence-corrected chi connectivity index (χ2v) is 3.51. The molecule has 96 valence electrons. The Hall–Kier alpha value is -2.30. The van der Waals surface area contributed by atoms with Crippen LogP contribution in [0.3, 0.4) is 0 Å². The summed E-state index contributed by atoms with van der Waals surface area (Å²) in [4.78, 5) is 22.5. The van der Waals surface area contributed by atoms with E-state index in [2.05, 4.69) is 11.9 Å². The molecule has 1 aromatic carbocycles. The van der Waals surface area contributed by atoms with E-state index in [1.165, 1.54) is 12.1 Å². The topological polar surface area (TPSA) is 75.6 Å². The van der Waals surface area contributed by atoms with Crippen LogP contribution in [-0.2, 0) is 11.2 Å². The summed E-state index contributed by atoms with van der Waals surface area (Å²) in [6.07, 6.45) is 1.35. The summed E-state index contributed by atoms with van der Waals surface area (Å²) in [5, 5.41) is 11.5. The van der Waals surface area contributed by atoms with Crippen molar-refractivity contribution in [3.8, 4) is 0 Å². The molecule has 1 aromatic rings. The van der Waals surface area contributed by atoms with Gasteiger partial charge in [-0.05, 0) is 18.1 Å². The number of carboxylic acid groups (broad SMARTS) is 1. The number of hydrogen-bond acceptors (Lipinski definition) is 3. The van der Waals surface area contributed by atoms with Gasteiger partial charge in [-0.3, -0.25) is 5.32 Å². The molecule has 0 atom stereocenters. The number of aromatic carboxylic acids is 1. The fourth-order valence-corrected chi connectivity index (χ4v) is 1.49. The van der Waals surface area contributed by atoms with E-state index in [0.29, 0.717) is 6.42 Å². The monoisotopic (exact) mass is 249 g/mol. The third-order valence-corrected chi connectivity index (χ3v) is 2.32. The van der Waals surface area contributed by atoms with Crippen LogP contribution in [-0.4, -0.2) is 23.8 Å². The minimum absolute atomic E-state index is 0.0462. The number of rotatable bonds is 5. The van der Waals surface area contributed by atoms with E-state index in [-0.39, 0.29) is 17.9 Å². The Labute approximate surface area is 105 Å². The van der Waals surface area contributed by atoms with Gasteiger partial charge in [0.05, 0.1) is 11.3 Å². The van der Waals surface area contributed by atoms with Crippen LogP contribution < -0.4 is 5.32 Å². The lowest BCUT2D eigenvalue weighted by Crippen LogP contribution is -2.17. The molecule has 2 N–H and O–H groups in total. The van der Waals surface area contributed by atoms with Crippen molar-refractivity contribution < 1.29 is 19.4 Å². The first-order valence-corrected chi connectivity index (χ1v) is 5.50. The molecule has 5 heteroatoms. The summed E-state index contributed by atoms with van der Waals surface area (Å²) in [7, 11) is 0. The highest BCUT2D eigenvalue weighted by Gasteiger charge is 2.15.